The number of nitrogens with one attached hydrogen (secondary N) is 1. The van der Waals surface area contributed by atoms with E-state index in [1.807, 2.05) is 17.9 Å². The Labute approximate surface area is 105 Å². The summed E-state index contributed by atoms with van der Waals surface area (Å²) in [6, 6.07) is 0. The maximum atomic E-state index is 4.18. The summed E-state index contributed by atoms with van der Waals surface area (Å²) in [5.74, 6) is 0.739. The zero-order valence-electron chi connectivity index (χ0n) is 11.6. The zero-order chi connectivity index (χ0) is 12.7. The van der Waals surface area contributed by atoms with Crippen molar-refractivity contribution in [3.63, 3.8) is 0 Å². The third kappa shape index (κ3) is 6.44. The highest BCUT2D eigenvalue weighted by molar-refractivity contribution is 5.02. The van der Waals surface area contributed by atoms with Crippen LogP contribution in [0.15, 0.2) is 12.4 Å². The molecule has 0 aliphatic rings. The van der Waals surface area contributed by atoms with Crippen LogP contribution >= 0.6 is 0 Å². The molecule has 0 fully saturated rings. The molecule has 17 heavy (non-hydrogen) atoms. The second-order valence-electron chi connectivity index (χ2n) is 5.21. The number of hydrogen-bond donors (Lipinski definition) is 1. The lowest BCUT2D eigenvalue weighted by atomic mass is 10.2. The van der Waals surface area contributed by atoms with Crippen LogP contribution in [-0.4, -0.2) is 41.4 Å². The molecular weight excluding hydrogens is 212 g/mol. The van der Waals surface area contributed by atoms with Crippen molar-refractivity contribution in [1.29, 1.82) is 0 Å². The molecule has 0 aliphatic carbocycles. The van der Waals surface area contributed by atoms with E-state index >= 15 is 0 Å². The fraction of sp³-hybridized carbons (Fsp3) is 0.769. The molecule has 4 nitrogen and oxygen atoms in total. The van der Waals surface area contributed by atoms with Gasteiger partial charge >= 0.3 is 0 Å². The molecule has 1 aromatic heterocycles. The Bertz CT molecular complexity index is 306. The molecule has 0 aromatic carbocycles. The topological polar surface area (TPSA) is 33.1 Å². The largest absolute Gasteiger partial charge is 0.316 e. The average Bonchev–Trinajstić information content (AvgIpc) is 2.63. The van der Waals surface area contributed by atoms with Crippen LogP contribution in [-0.2, 0) is 13.6 Å². The summed E-state index contributed by atoms with van der Waals surface area (Å²) >= 11 is 0. The molecule has 1 aromatic rings. The van der Waals surface area contributed by atoms with E-state index in [1.54, 1.807) is 0 Å². The fourth-order valence-corrected chi connectivity index (χ4v) is 1.81. The van der Waals surface area contributed by atoms with E-state index in [-0.39, 0.29) is 0 Å². The molecule has 0 aliphatic heterocycles. The van der Waals surface area contributed by atoms with Gasteiger partial charge in [-0.1, -0.05) is 13.8 Å². The summed E-state index contributed by atoms with van der Waals surface area (Å²) in [6.07, 6.45) is 5.21. The van der Waals surface area contributed by atoms with E-state index in [2.05, 4.69) is 42.4 Å². The normalized spacial score (nSPS) is 11.6. The summed E-state index contributed by atoms with van der Waals surface area (Å²) in [5, 5.41) is 7.64. The molecule has 0 spiro atoms. The minimum Gasteiger partial charge on any atom is -0.316 e. The van der Waals surface area contributed by atoms with Gasteiger partial charge in [-0.15, -0.1) is 0 Å². The van der Waals surface area contributed by atoms with Crippen LogP contribution in [0.5, 0.6) is 0 Å². The van der Waals surface area contributed by atoms with Crippen LogP contribution in [0, 0.1) is 5.92 Å². The molecule has 0 bridgehead atoms. The molecule has 0 atom stereocenters. The van der Waals surface area contributed by atoms with Gasteiger partial charge in [0.1, 0.15) is 0 Å². The smallest absolute Gasteiger partial charge is 0.0534 e. The van der Waals surface area contributed by atoms with Crippen LogP contribution < -0.4 is 5.32 Å². The third-order valence-electron chi connectivity index (χ3n) is 2.66. The second-order valence-corrected chi connectivity index (χ2v) is 5.21. The van der Waals surface area contributed by atoms with Gasteiger partial charge in [0.25, 0.3) is 0 Å². The van der Waals surface area contributed by atoms with E-state index in [0.29, 0.717) is 0 Å². The lowest BCUT2D eigenvalue weighted by Crippen LogP contribution is -2.25. The standard InChI is InChI=1S/C13H26N4/c1-12(2)8-14-6-5-7-16(3)10-13-9-15-17(4)11-13/h9,11-12,14H,5-8,10H2,1-4H3. The van der Waals surface area contributed by atoms with Gasteiger partial charge in [0.15, 0.2) is 0 Å². The van der Waals surface area contributed by atoms with Crippen molar-refractivity contribution >= 4 is 0 Å². The summed E-state index contributed by atoms with van der Waals surface area (Å²) in [6.45, 7) is 8.81. The average molecular weight is 238 g/mol. The monoisotopic (exact) mass is 238 g/mol. The molecule has 0 amide bonds. The van der Waals surface area contributed by atoms with Gasteiger partial charge in [-0.2, -0.15) is 5.10 Å². The number of hydrogen-bond acceptors (Lipinski definition) is 3. The van der Waals surface area contributed by atoms with Gasteiger partial charge in [0.05, 0.1) is 6.20 Å². The number of aryl methyl sites for hydroxylation is 1. The number of aromatic nitrogens is 2. The molecule has 1 N–H and O–H groups in total. The van der Waals surface area contributed by atoms with E-state index in [1.165, 1.54) is 12.0 Å². The highest BCUT2D eigenvalue weighted by atomic mass is 15.2. The number of nitrogens with zero attached hydrogens (tertiary/aromatic N) is 3. The second kappa shape index (κ2) is 7.45. The molecule has 1 heterocycles. The Morgan fingerprint density at radius 3 is 2.82 bits per heavy atom. The Morgan fingerprint density at radius 2 is 2.24 bits per heavy atom. The highest BCUT2D eigenvalue weighted by Gasteiger charge is 2.02. The Kier molecular flexibility index (Phi) is 6.22. The van der Waals surface area contributed by atoms with Crippen LogP contribution in [0.4, 0.5) is 0 Å². The van der Waals surface area contributed by atoms with Gasteiger partial charge in [0.2, 0.25) is 0 Å². The summed E-state index contributed by atoms with van der Waals surface area (Å²) in [7, 11) is 4.12. The first-order valence-electron chi connectivity index (χ1n) is 6.44. The van der Waals surface area contributed by atoms with Gasteiger partial charge in [-0.25, -0.2) is 0 Å². The number of rotatable bonds is 8. The van der Waals surface area contributed by atoms with Crippen molar-refractivity contribution in [3.05, 3.63) is 18.0 Å². The lowest BCUT2D eigenvalue weighted by molar-refractivity contribution is 0.318. The maximum absolute atomic E-state index is 4.18. The van der Waals surface area contributed by atoms with Crippen molar-refractivity contribution in [3.8, 4) is 0 Å². The van der Waals surface area contributed by atoms with E-state index in [0.717, 1.165) is 32.1 Å². The van der Waals surface area contributed by atoms with Gasteiger partial charge in [0, 0.05) is 25.4 Å². The Hall–Kier alpha value is -0.870. The highest BCUT2D eigenvalue weighted by Crippen LogP contribution is 2.01. The maximum Gasteiger partial charge on any atom is 0.0534 e. The van der Waals surface area contributed by atoms with Crippen molar-refractivity contribution in [2.75, 3.05) is 26.7 Å². The molecule has 0 radical (unpaired) electrons. The van der Waals surface area contributed by atoms with Gasteiger partial charge in [-0.3, -0.25) is 4.68 Å². The van der Waals surface area contributed by atoms with Crippen LogP contribution in [0.25, 0.3) is 0 Å². The van der Waals surface area contributed by atoms with Crippen molar-refractivity contribution in [2.24, 2.45) is 13.0 Å². The molecule has 4 heteroatoms. The molecule has 0 saturated heterocycles. The SMILES string of the molecule is CC(C)CNCCCN(C)Cc1cnn(C)c1. The summed E-state index contributed by atoms with van der Waals surface area (Å²) in [5.41, 5.74) is 1.28. The summed E-state index contributed by atoms with van der Waals surface area (Å²) in [4.78, 5) is 2.34. The Balaban J connectivity index is 2.07. The van der Waals surface area contributed by atoms with Crippen molar-refractivity contribution in [1.82, 2.24) is 20.0 Å². The first-order valence-corrected chi connectivity index (χ1v) is 6.44. The lowest BCUT2D eigenvalue weighted by Gasteiger charge is -2.15. The molecule has 0 unspecified atom stereocenters. The Morgan fingerprint density at radius 1 is 1.47 bits per heavy atom. The molecular formula is C13H26N4. The minimum absolute atomic E-state index is 0.739. The third-order valence-corrected chi connectivity index (χ3v) is 2.66. The predicted molar refractivity (Wildman–Crippen MR) is 71.9 cm³/mol. The van der Waals surface area contributed by atoms with Crippen LogP contribution in [0.3, 0.4) is 0 Å². The van der Waals surface area contributed by atoms with Gasteiger partial charge in [-0.05, 0) is 39.0 Å². The van der Waals surface area contributed by atoms with E-state index < -0.39 is 0 Å². The van der Waals surface area contributed by atoms with Crippen LogP contribution in [0.1, 0.15) is 25.8 Å². The quantitative estimate of drug-likeness (QED) is 0.697. The first-order chi connectivity index (χ1) is 8.08. The van der Waals surface area contributed by atoms with Gasteiger partial charge < -0.3 is 10.2 Å². The zero-order valence-corrected chi connectivity index (χ0v) is 11.6. The molecule has 0 saturated carbocycles. The fourth-order valence-electron chi connectivity index (χ4n) is 1.81. The predicted octanol–water partition coefficient (Wildman–Crippen LogP) is 1.49. The molecule has 1 rings (SSSR count). The minimum atomic E-state index is 0.739. The van der Waals surface area contributed by atoms with E-state index in [4.69, 9.17) is 0 Å². The van der Waals surface area contributed by atoms with Crippen molar-refractivity contribution < 1.29 is 0 Å². The summed E-state index contributed by atoms with van der Waals surface area (Å²) < 4.78 is 1.85. The van der Waals surface area contributed by atoms with Crippen LogP contribution in [0.2, 0.25) is 0 Å². The molecule has 98 valence electrons. The van der Waals surface area contributed by atoms with Crippen molar-refractivity contribution in [2.45, 2.75) is 26.8 Å². The van der Waals surface area contributed by atoms with E-state index in [9.17, 15) is 0 Å². The first kappa shape index (κ1) is 14.2.